The first-order valence-corrected chi connectivity index (χ1v) is 8.38. The van der Waals surface area contributed by atoms with E-state index in [1.54, 1.807) is 16.2 Å². The van der Waals surface area contributed by atoms with E-state index in [0.717, 1.165) is 21.8 Å². The number of likely N-dealkylation sites (N-methyl/N-ethyl adjacent to an activating group) is 1. The molecule has 0 fully saturated rings. The van der Waals surface area contributed by atoms with Crippen LogP contribution in [0, 0.1) is 0 Å². The van der Waals surface area contributed by atoms with Crippen molar-refractivity contribution in [3.63, 3.8) is 0 Å². The number of hydrogen-bond acceptors (Lipinski definition) is 3. The van der Waals surface area contributed by atoms with Gasteiger partial charge in [-0.3, -0.25) is 4.79 Å². The normalized spacial score (nSPS) is 10.5. The van der Waals surface area contributed by atoms with Gasteiger partial charge in [-0.2, -0.15) is 0 Å². The topological polar surface area (TPSA) is 33.2 Å². The van der Waals surface area contributed by atoms with Gasteiger partial charge in [0.2, 0.25) is 5.91 Å². The van der Waals surface area contributed by atoms with Gasteiger partial charge in [-0.1, -0.05) is 60.7 Å². The molecule has 0 saturated heterocycles. The Morgan fingerprint density at radius 3 is 2.39 bits per heavy atom. The van der Waals surface area contributed by atoms with Crippen molar-refractivity contribution in [1.82, 2.24) is 9.88 Å². The number of thiazole rings is 1. The Hall–Kier alpha value is -2.46. The molecule has 3 nitrogen and oxygen atoms in total. The summed E-state index contributed by atoms with van der Waals surface area (Å²) < 4.78 is 0. The van der Waals surface area contributed by atoms with Gasteiger partial charge in [0, 0.05) is 24.5 Å². The zero-order valence-electron chi connectivity index (χ0n) is 13.0. The Labute approximate surface area is 140 Å². The van der Waals surface area contributed by atoms with Gasteiger partial charge in [-0.05, 0) is 5.56 Å². The maximum Gasteiger partial charge on any atom is 0.228 e. The summed E-state index contributed by atoms with van der Waals surface area (Å²) in [6.45, 7) is 0.620. The van der Waals surface area contributed by atoms with Crippen LogP contribution in [-0.4, -0.2) is 22.8 Å². The van der Waals surface area contributed by atoms with Gasteiger partial charge >= 0.3 is 0 Å². The third kappa shape index (κ3) is 4.05. The van der Waals surface area contributed by atoms with Crippen LogP contribution >= 0.6 is 11.3 Å². The highest BCUT2D eigenvalue weighted by Crippen LogP contribution is 2.23. The van der Waals surface area contributed by atoms with E-state index in [2.05, 4.69) is 4.98 Å². The summed E-state index contributed by atoms with van der Waals surface area (Å²) in [7, 11) is 1.83. The summed E-state index contributed by atoms with van der Waals surface area (Å²) in [5.74, 6) is 0.0822. The molecule has 1 aromatic heterocycles. The molecule has 0 N–H and O–H groups in total. The van der Waals surface area contributed by atoms with Crippen LogP contribution in [0.2, 0.25) is 0 Å². The minimum Gasteiger partial charge on any atom is -0.341 e. The second kappa shape index (κ2) is 7.20. The first-order valence-electron chi connectivity index (χ1n) is 7.50. The van der Waals surface area contributed by atoms with Gasteiger partial charge < -0.3 is 4.90 Å². The Bertz CT molecular complexity index is 768. The second-order valence-corrected chi connectivity index (χ2v) is 6.28. The molecule has 0 unspecified atom stereocenters. The average molecular weight is 322 g/mol. The molecule has 0 aliphatic carbocycles. The predicted octanol–water partition coefficient (Wildman–Crippen LogP) is 4.01. The van der Waals surface area contributed by atoms with Crippen molar-refractivity contribution in [2.75, 3.05) is 7.05 Å². The van der Waals surface area contributed by atoms with Crippen molar-refractivity contribution < 1.29 is 4.79 Å². The lowest BCUT2D eigenvalue weighted by atomic mass is 10.2. The number of carbonyl (C=O) groups is 1. The molecule has 0 radical (unpaired) electrons. The molecule has 116 valence electrons. The predicted molar refractivity (Wildman–Crippen MR) is 94.2 cm³/mol. The molecule has 0 aliphatic heterocycles. The minimum absolute atomic E-state index is 0.0822. The van der Waals surface area contributed by atoms with Crippen LogP contribution in [0.15, 0.2) is 66.0 Å². The van der Waals surface area contributed by atoms with E-state index < -0.39 is 0 Å². The number of benzene rings is 2. The highest BCUT2D eigenvalue weighted by molar-refractivity contribution is 7.13. The fourth-order valence-corrected chi connectivity index (χ4v) is 3.16. The van der Waals surface area contributed by atoms with E-state index >= 15 is 0 Å². The maximum absolute atomic E-state index is 12.4. The minimum atomic E-state index is 0.0822. The molecule has 3 rings (SSSR count). The summed E-state index contributed by atoms with van der Waals surface area (Å²) >= 11 is 1.58. The molecule has 1 heterocycles. The van der Waals surface area contributed by atoms with Crippen LogP contribution in [0.5, 0.6) is 0 Å². The van der Waals surface area contributed by atoms with E-state index in [-0.39, 0.29) is 5.91 Å². The fraction of sp³-hybridized carbons (Fsp3) is 0.158. The van der Waals surface area contributed by atoms with E-state index in [9.17, 15) is 4.79 Å². The molecule has 0 spiro atoms. The van der Waals surface area contributed by atoms with Gasteiger partial charge in [-0.25, -0.2) is 4.98 Å². The number of carbonyl (C=O) groups excluding carboxylic acids is 1. The number of hydrogen-bond donors (Lipinski definition) is 0. The summed E-state index contributed by atoms with van der Waals surface area (Å²) in [4.78, 5) is 18.7. The molecule has 1 amide bonds. The molecular weight excluding hydrogens is 304 g/mol. The Morgan fingerprint density at radius 1 is 1.04 bits per heavy atom. The summed E-state index contributed by atoms with van der Waals surface area (Å²) in [6.07, 6.45) is 0.340. The van der Waals surface area contributed by atoms with E-state index in [0.29, 0.717) is 13.0 Å². The van der Waals surface area contributed by atoms with Crippen LogP contribution in [0.1, 0.15) is 11.3 Å². The number of nitrogens with zero attached hydrogens (tertiary/aromatic N) is 2. The van der Waals surface area contributed by atoms with Crippen LogP contribution in [0.4, 0.5) is 0 Å². The highest BCUT2D eigenvalue weighted by atomic mass is 32.1. The molecule has 3 aromatic rings. The van der Waals surface area contributed by atoms with E-state index in [1.807, 2.05) is 73.1 Å². The number of aromatic nitrogens is 1. The van der Waals surface area contributed by atoms with Crippen molar-refractivity contribution >= 4 is 17.2 Å². The summed E-state index contributed by atoms with van der Waals surface area (Å²) in [5, 5.41) is 2.93. The van der Waals surface area contributed by atoms with Crippen molar-refractivity contribution in [3.8, 4) is 10.6 Å². The third-order valence-corrected chi connectivity index (χ3v) is 4.53. The monoisotopic (exact) mass is 322 g/mol. The molecule has 0 saturated carbocycles. The first kappa shape index (κ1) is 15.4. The zero-order chi connectivity index (χ0) is 16.1. The zero-order valence-corrected chi connectivity index (χ0v) is 13.8. The summed E-state index contributed by atoms with van der Waals surface area (Å²) in [6, 6.07) is 20.1. The second-order valence-electron chi connectivity index (χ2n) is 5.42. The first-order chi connectivity index (χ1) is 11.2. The SMILES string of the molecule is CN(Cc1ccccc1)C(=O)Cc1csc(-c2ccccc2)n1. The van der Waals surface area contributed by atoms with Gasteiger partial charge in [0.1, 0.15) is 5.01 Å². The molecule has 0 bridgehead atoms. The standard InChI is InChI=1S/C19H18N2OS/c1-21(13-15-8-4-2-5-9-15)18(22)12-17-14-23-19(20-17)16-10-6-3-7-11-16/h2-11,14H,12-13H2,1H3. The van der Waals surface area contributed by atoms with Gasteiger partial charge in [0.05, 0.1) is 12.1 Å². The fourth-order valence-electron chi connectivity index (χ4n) is 2.34. The van der Waals surface area contributed by atoms with Crippen LogP contribution in [0.25, 0.3) is 10.6 Å². The van der Waals surface area contributed by atoms with Crippen molar-refractivity contribution in [3.05, 3.63) is 77.3 Å². The van der Waals surface area contributed by atoms with Gasteiger partial charge in [0.15, 0.2) is 0 Å². The van der Waals surface area contributed by atoms with E-state index in [1.165, 1.54) is 0 Å². The lowest BCUT2D eigenvalue weighted by Gasteiger charge is -2.16. The Kier molecular flexibility index (Phi) is 4.83. The highest BCUT2D eigenvalue weighted by Gasteiger charge is 2.13. The lowest BCUT2D eigenvalue weighted by Crippen LogP contribution is -2.27. The molecular formula is C19H18N2OS. The van der Waals surface area contributed by atoms with Gasteiger partial charge in [-0.15, -0.1) is 11.3 Å². The van der Waals surface area contributed by atoms with Crippen molar-refractivity contribution in [1.29, 1.82) is 0 Å². The Morgan fingerprint density at radius 2 is 1.70 bits per heavy atom. The number of amides is 1. The molecule has 0 aliphatic rings. The Balaban J connectivity index is 1.63. The van der Waals surface area contributed by atoms with E-state index in [4.69, 9.17) is 0 Å². The average Bonchev–Trinajstić information content (AvgIpc) is 3.05. The van der Waals surface area contributed by atoms with Crippen LogP contribution in [-0.2, 0) is 17.8 Å². The van der Waals surface area contributed by atoms with Crippen molar-refractivity contribution in [2.24, 2.45) is 0 Å². The van der Waals surface area contributed by atoms with Crippen molar-refractivity contribution in [2.45, 2.75) is 13.0 Å². The molecule has 2 aromatic carbocycles. The molecule has 23 heavy (non-hydrogen) atoms. The summed E-state index contributed by atoms with van der Waals surface area (Å²) in [5.41, 5.74) is 3.05. The van der Waals surface area contributed by atoms with Crippen LogP contribution < -0.4 is 0 Å². The molecule has 0 atom stereocenters. The quantitative estimate of drug-likeness (QED) is 0.711. The largest absolute Gasteiger partial charge is 0.341 e. The lowest BCUT2D eigenvalue weighted by molar-refractivity contribution is -0.129. The van der Waals surface area contributed by atoms with Crippen LogP contribution in [0.3, 0.4) is 0 Å². The van der Waals surface area contributed by atoms with Gasteiger partial charge in [0.25, 0.3) is 0 Å². The third-order valence-electron chi connectivity index (χ3n) is 3.59. The smallest absolute Gasteiger partial charge is 0.228 e. The molecule has 4 heteroatoms. The maximum atomic E-state index is 12.4. The number of rotatable bonds is 5.